The molecule has 0 fully saturated rings. The summed E-state index contributed by atoms with van der Waals surface area (Å²) in [6, 6.07) is -0.122. The Morgan fingerprint density at radius 2 is 1.94 bits per heavy atom. The molecule has 0 aliphatic carbocycles. The standard InChI is InChI=1S/C10H14F3N3/c1-14-9(3-2-4-10(11,12)13)8-5-15-7-16-6-8/h5-7,9,14H,2-4H2,1H3. The zero-order valence-corrected chi connectivity index (χ0v) is 8.96. The second-order valence-electron chi connectivity index (χ2n) is 3.52. The van der Waals surface area contributed by atoms with Gasteiger partial charge in [0.1, 0.15) is 6.33 Å². The molecule has 0 aromatic carbocycles. The summed E-state index contributed by atoms with van der Waals surface area (Å²) < 4.78 is 35.9. The number of hydrogen-bond acceptors (Lipinski definition) is 3. The fourth-order valence-electron chi connectivity index (χ4n) is 1.47. The average molecular weight is 233 g/mol. The largest absolute Gasteiger partial charge is 0.389 e. The fourth-order valence-corrected chi connectivity index (χ4v) is 1.47. The number of halogens is 3. The van der Waals surface area contributed by atoms with E-state index in [9.17, 15) is 13.2 Å². The first-order valence-corrected chi connectivity index (χ1v) is 5.02. The van der Waals surface area contributed by atoms with Crippen LogP contribution in [0.3, 0.4) is 0 Å². The second kappa shape index (κ2) is 5.79. The zero-order valence-electron chi connectivity index (χ0n) is 8.96. The molecule has 16 heavy (non-hydrogen) atoms. The first-order chi connectivity index (χ1) is 7.53. The van der Waals surface area contributed by atoms with Gasteiger partial charge >= 0.3 is 6.18 Å². The van der Waals surface area contributed by atoms with E-state index in [2.05, 4.69) is 15.3 Å². The lowest BCUT2D eigenvalue weighted by Gasteiger charge is -2.16. The van der Waals surface area contributed by atoms with Crippen LogP contribution in [0.25, 0.3) is 0 Å². The van der Waals surface area contributed by atoms with Crippen LogP contribution in [0.5, 0.6) is 0 Å². The molecule has 6 heteroatoms. The number of hydrogen-bond donors (Lipinski definition) is 1. The third-order valence-electron chi connectivity index (χ3n) is 2.28. The summed E-state index contributed by atoms with van der Waals surface area (Å²) in [6.07, 6.45) is 0.313. The molecular formula is C10H14F3N3. The number of aromatic nitrogens is 2. The molecule has 3 nitrogen and oxygen atoms in total. The van der Waals surface area contributed by atoms with Gasteiger partial charge in [0.25, 0.3) is 0 Å². The minimum absolute atomic E-state index is 0.101. The van der Waals surface area contributed by atoms with Crippen molar-refractivity contribution in [1.82, 2.24) is 15.3 Å². The Bertz CT molecular complexity index is 300. The molecule has 1 aromatic rings. The molecule has 1 heterocycles. The first-order valence-electron chi connectivity index (χ1n) is 5.02. The molecule has 0 bridgehead atoms. The molecule has 1 aromatic heterocycles. The van der Waals surface area contributed by atoms with Crippen molar-refractivity contribution >= 4 is 0 Å². The Balaban J connectivity index is 2.45. The predicted octanol–water partition coefficient (Wildman–Crippen LogP) is 2.47. The monoisotopic (exact) mass is 233 g/mol. The van der Waals surface area contributed by atoms with Crippen molar-refractivity contribution in [3.63, 3.8) is 0 Å². The Morgan fingerprint density at radius 3 is 2.44 bits per heavy atom. The van der Waals surface area contributed by atoms with Crippen molar-refractivity contribution < 1.29 is 13.2 Å². The van der Waals surface area contributed by atoms with Crippen molar-refractivity contribution in [3.8, 4) is 0 Å². The topological polar surface area (TPSA) is 37.8 Å². The highest BCUT2D eigenvalue weighted by Gasteiger charge is 2.26. The smallest absolute Gasteiger partial charge is 0.313 e. The van der Waals surface area contributed by atoms with Gasteiger partial charge in [0.15, 0.2) is 0 Å². The van der Waals surface area contributed by atoms with Crippen LogP contribution < -0.4 is 5.32 Å². The third kappa shape index (κ3) is 4.57. The van der Waals surface area contributed by atoms with Crippen LogP contribution >= 0.6 is 0 Å². The van der Waals surface area contributed by atoms with E-state index >= 15 is 0 Å². The van der Waals surface area contributed by atoms with Crippen LogP contribution in [0.1, 0.15) is 30.9 Å². The minimum atomic E-state index is -4.08. The van der Waals surface area contributed by atoms with Gasteiger partial charge in [-0.1, -0.05) is 0 Å². The summed E-state index contributed by atoms with van der Waals surface area (Å²) in [6.45, 7) is 0. The third-order valence-corrected chi connectivity index (χ3v) is 2.28. The van der Waals surface area contributed by atoms with Gasteiger partial charge in [-0.05, 0) is 19.9 Å². The number of nitrogens with one attached hydrogen (secondary N) is 1. The maximum Gasteiger partial charge on any atom is 0.389 e. The molecule has 90 valence electrons. The Morgan fingerprint density at radius 1 is 1.31 bits per heavy atom. The molecule has 1 unspecified atom stereocenters. The predicted molar refractivity (Wildman–Crippen MR) is 53.7 cm³/mol. The van der Waals surface area contributed by atoms with Gasteiger partial charge in [0.2, 0.25) is 0 Å². The number of nitrogens with zero attached hydrogens (tertiary/aromatic N) is 2. The van der Waals surface area contributed by atoms with Crippen molar-refractivity contribution in [1.29, 1.82) is 0 Å². The van der Waals surface area contributed by atoms with Gasteiger partial charge in [0.05, 0.1) is 0 Å². The normalized spacial score (nSPS) is 13.8. The van der Waals surface area contributed by atoms with E-state index in [0.717, 1.165) is 5.56 Å². The molecule has 0 saturated carbocycles. The maximum absolute atomic E-state index is 12.0. The second-order valence-corrected chi connectivity index (χ2v) is 3.52. The van der Waals surface area contributed by atoms with Crippen molar-refractivity contribution in [2.75, 3.05) is 7.05 Å². The molecule has 0 aliphatic heterocycles. The highest BCUT2D eigenvalue weighted by molar-refractivity contribution is 5.08. The van der Waals surface area contributed by atoms with E-state index in [-0.39, 0.29) is 12.5 Å². The number of rotatable bonds is 5. The molecule has 0 aliphatic rings. The lowest BCUT2D eigenvalue weighted by atomic mass is 10.0. The van der Waals surface area contributed by atoms with E-state index < -0.39 is 12.6 Å². The summed E-state index contributed by atoms with van der Waals surface area (Å²) in [5.74, 6) is 0. The zero-order chi connectivity index (χ0) is 12.0. The van der Waals surface area contributed by atoms with Crippen molar-refractivity contribution in [3.05, 3.63) is 24.3 Å². The van der Waals surface area contributed by atoms with Gasteiger partial charge in [0, 0.05) is 30.4 Å². The van der Waals surface area contributed by atoms with E-state index in [1.807, 2.05) is 0 Å². The summed E-state index contributed by atoms with van der Waals surface area (Å²) in [5.41, 5.74) is 0.812. The summed E-state index contributed by atoms with van der Waals surface area (Å²) >= 11 is 0. The molecule has 1 rings (SSSR count). The maximum atomic E-state index is 12.0. The fraction of sp³-hybridized carbons (Fsp3) is 0.600. The van der Waals surface area contributed by atoms with Crippen LogP contribution in [0.15, 0.2) is 18.7 Å². The Kier molecular flexibility index (Phi) is 4.67. The molecular weight excluding hydrogens is 219 g/mol. The van der Waals surface area contributed by atoms with Gasteiger partial charge in [-0.2, -0.15) is 13.2 Å². The molecule has 0 radical (unpaired) electrons. The van der Waals surface area contributed by atoms with E-state index in [4.69, 9.17) is 0 Å². The molecule has 0 spiro atoms. The summed E-state index contributed by atoms with van der Waals surface area (Å²) in [7, 11) is 1.71. The van der Waals surface area contributed by atoms with Gasteiger partial charge in [-0.25, -0.2) is 9.97 Å². The van der Waals surface area contributed by atoms with Gasteiger partial charge < -0.3 is 5.32 Å². The van der Waals surface area contributed by atoms with Crippen LogP contribution in [0.4, 0.5) is 13.2 Å². The number of alkyl halides is 3. The van der Waals surface area contributed by atoms with Gasteiger partial charge in [-0.3, -0.25) is 0 Å². The van der Waals surface area contributed by atoms with Crippen LogP contribution in [0, 0.1) is 0 Å². The summed E-state index contributed by atoms with van der Waals surface area (Å²) in [5, 5.41) is 2.96. The lowest BCUT2D eigenvalue weighted by Crippen LogP contribution is -2.18. The molecule has 0 saturated heterocycles. The van der Waals surface area contributed by atoms with Crippen LogP contribution in [-0.4, -0.2) is 23.2 Å². The first kappa shape index (κ1) is 12.9. The highest BCUT2D eigenvalue weighted by Crippen LogP contribution is 2.25. The average Bonchev–Trinajstić information content (AvgIpc) is 2.24. The lowest BCUT2D eigenvalue weighted by molar-refractivity contribution is -0.135. The quantitative estimate of drug-likeness (QED) is 0.849. The summed E-state index contributed by atoms with van der Waals surface area (Å²) in [4.78, 5) is 7.67. The molecule has 0 amide bonds. The van der Waals surface area contributed by atoms with Crippen molar-refractivity contribution in [2.24, 2.45) is 0 Å². The van der Waals surface area contributed by atoms with E-state index in [1.165, 1.54) is 6.33 Å². The van der Waals surface area contributed by atoms with Crippen LogP contribution in [-0.2, 0) is 0 Å². The SMILES string of the molecule is CNC(CCCC(F)(F)F)c1cncnc1. The highest BCUT2D eigenvalue weighted by atomic mass is 19.4. The molecule has 1 N–H and O–H groups in total. The van der Waals surface area contributed by atoms with Crippen molar-refractivity contribution in [2.45, 2.75) is 31.5 Å². The Labute approximate surface area is 92.1 Å². The minimum Gasteiger partial charge on any atom is -0.313 e. The van der Waals surface area contributed by atoms with Crippen LogP contribution in [0.2, 0.25) is 0 Å². The van der Waals surface area contributed by atoms with Gasteiger partial charge in [-0.15, -0.1) is 0 Å². The Hall–Kier alpha value is -1.17. The molecule has 1 atom stereocenters. The van der Waals surface area contributed by atoms with E-state index in [0.29, 0.717) is 6.42 Å². The van der Waals surface area contributed by atoms with E-state index in [1.54, 1.807) is 19.4 Å².